The highest BCUT2D eigenvalue weighted by atomic mass is 32.1. The summed E-state index contributed by atoms with van der Waals surface area (Å²) in [5.41, 5.74) is 3.59. The van der Waals surface area contributed by atoms with Gasteiger partial charge in [-0.05, 0) is 43.9 Å². The van der Waals surface area contributed by atoms with E-state index in [0.29, 0.717) is 5.95 Å². The largest absolute Gasteiger partial charge is 0.354 e. The lowest BCUT2D eigenvalue weighted by Crippen LogP contribution is -2.01. The van der Waals surface area contributed by atoms with Gasteiger partial charge in [0.15, 0.2) is 0 Å². The molecule has 1 N–H and O–H groups in total. The molecule has 4 heteroatoms. The fourth-order valence-electron chi connectivity index (χ4n) is 2.31. The van der Waals surface area contributed by atoms with Gasteiger partial charge < -0.3 is 5.32 Å². The van der Waals surface area contributed by atoms with E-state index in [1.165, 1.54) is 26.1 Å². The van der Waals surface area contributed by atoms with Crippen molar-refractivity contribution in [1.82, 2.24) is 9.97 Å². The van der Waals surface area contributed by atoms with Crippen molar-refractivity contribution in [2.45, 2.75) is 20.8 Å². The topological polar surface area (TPSA) is 37.8 Å². The number of aromatic nitrogens is 2. The molecule has 0 fully saturated rings. The minimum atomic E-state index is 0.693. The number of hydrogen-bond donors (Lipinski definition) is 1. The molecule has 0 bridgehead atoms. The van der Waals surface area contributed by atoms with E-state index in [2.05, 4.69) is 47.3 Å². The Morgan fingerprint density at radius 2 is 2.05 bits per heavy atom. The predicted molar refractivity (Wildman–Crippen MR) is 86.5 cm³/mol. The number of thiophene rings is 1. The van der Waals surface area contributed by atoms with Gasteiger partial charge >= 0.3 is 0 Å². The molecule has 0 aliphatic rings. The van der Waals surface area contributed by atoms with Crippen LogP contribution in [0, 0.1) is 13.8 Å². The van der Waals surface area contributed by atoms with Gasteiger partial charge in [0.2, 0.25) is 5.95 Å². The van der Waals surface area contributed by atoms with E-state index in [1.54, 1.807) is 11.3 Å². The van der Waals surface area contributed by atoms with Gasteiger partial charge in [-0.2, -0.15) is 0 Å². The zero-order chi connectivity index (χ0) is 14.1. The fraction of sp³-hybridized carbons (Fsp3) is 0.250. The van der Waals surface area contributed by atoms with E-state index in [-0.39, 0.29) is 0 Å². The SMILES string of the molecule is CCNc1nccc(-c2sc3ccc(C)cc3c2C)n1. The molecule has 3 nitrogen and oxygen atoms in total. The van der Waals surface area contributed by atoms with Crippen LogP contribution in [0.15, 0.2) is 30.5 Å². The second-order valence-corrected chi connectivity index (χ2v) is 5.90. The third-order valence-electron chi connectivity index (χ3n) is 3.31. The van der Waals surface area contributed by atoms with Crippen LogP contribution < -0.4 is 5.32 Å². The summed E-state index contributed by atoms with van der Waals surface area (Å²) < 4.78 is 1.31. The molecule has 0 aliphatic heterocycles. The fourth-order valence-corrected chi connectivity index (χ4v) is 3.47. The Morgan fingerprint density at radius 1 is 1.20 bits per heavy atom. The van der Waals surface area contributed by atoms with Gasteiger partial charge in [-0.1, -0.05) is 17.7 Å². The average molecular weight is 283 g/mol. The molecular weight excluding hydrogens is 266 g/mol. The van der Waals surface area contributed by atoms with Crippen LogP contribution >= 0.6 is 11.3 Å². The van der Waals surface area contributed by atoms with E-state index in [9.17, 15) is 0 Å². The first-order valence-corrected chi connectivity index (χ1v) is 7.57. The zero-order valence-electron chi connectivity index (χ0n) is 11.9. The molecule has 0 spiro atoms. The number of nitrogens with zero attached hydrogens (tertiary/aromatic N) is 2. The molecule has 2 aromatic heterocycles. The number of rotatable bonds is 3. The van der Waals surface area contributed by atoms with Crippen molar-refractivity contribution in [3.05, 3.63) is 41.6 Å². The zero-order valence-corrected chi connectivity index (χ0v) is 12.7. The van der Waals surface area contributed by atoms with Crippen LogP contribution in [0.1, 0.15) is 18.1 Å². The summed E-state index contributed by atoms with van der Waals surface area (Å²) in [6, 6.07) is 8.58. The molecule has 0 saturated carbocycles. The lowest BCUT2D eigenvalue weighted by Gasteiger charge is -2.03. The summed E-state index contributed by atoms with van der Waals surface area (Å²) in [4.78, 5) is 10.1. The highest BCUT2D eigenvalue weighted by molar-refractivity contribution is 7.22. The van der Waals surface area contributed by atoms with Gasteiger partial charge in [0.05, 0.1) is 10.6 Å². The summed E-state index contributed by atoms with van der Waals surface area (Å²) in [5, 5.41) is 4.49. The van der Waals surface area contributed by atoms with Crippen LogP contribution in [0.4, 0.5) is 5.95 Å². The lowest BCUT2D eigenvalue weighted by atomic mass is 10.1. The van der Waals surface area contributed by atoms with Crippen molar-refractivity contribution in [3.8, 4) is 10.6 Å². The van der Waals surface area contributed by atoms with Gasteiger partial charge in [-0.25, -0.2) is 9.97 Å². The maximum atomic E-state index is 4.60. The number of benzene rings is 1. The first-order chi connectivity index (χ1) is 9.69. The van der Waals surface area contributed by atoms with Crippen molar-refractivity contribution in [1.29, 1.82) is 0 Å². The third kappa shape index (κ3) is 2.27. The molecule has 0 atom stereocenters. The average Bonchev–Trinajstić information content (AvgIpc) is 2.77. The van der Waals surface area contributed by atoms with E-state index < -0.39 is 0 Å². The smallest absolute Gasteiger partial charge is 0.223 e. The number of hydrogen-bond acceptors (Lipinski definition) is 4. The third-order valence-corrected chi connectivity index (χ3v) is 4.61. The van der Waals surface area contributed by atoms with Crippen molar-refractivity contribution in [2.75, 3.05) is 11.9 Å². The standard InChI is InChI=1S/C16H17N3S/c1-4-17-16-18-8-7-13(19-16)15-11(3)12-9-10(2)5-6-14(12)20-15/h5-9H,4H2,1-3H3,(H,17,18,19). The molecule has 0 amide bonds. The quantitative estimate of drug-likeness (QED) is 0.774. The van der Waals surface area contributed by atoms with Gasteiger partial charge in [-0.15, -0.1) is 11.3 Å². The minimum absolute atomic E-state index is 0.693. The molecule has 0 radical (unpaired) electrons. The molecule has 0 aliphatic carbocycles. The Hall–Kier alpha value is -1.94. The van der Waals surface area contributed by atoms with Gasteiger partial charge in [-0.3, -0.25) is 0 Å². The summed E-state index contributed by atoms with van der Waals surface area (Å²) in [6.07, 6.45) is 1.81. The normalized spacial score (nSPS) is 10.9. The second kappa shape index (κ2) is 5.21. The Bertz CT molecular complexity index is 762. The number of nitrogens with one attached hydrogen (secondary N) is 1. The minimum Gasteiger partial charge on any atom is -0.354 e. The predicted octanol–water partition coefficient (Wildman–Crippen LogP) is 4.41. The second-order valence-electron chi connectivity index (χ2n) is 4.85. The molecular formula is C16H17N3S. The molecule has 0 saturated heterocycles. The van der Waals surface area contributed by atoms with Crippen LogP contribution in [-0.4, -0.2) is 16.5 Å². The molecule has 20 heavy (non-hydrogen) atoms. The van der Waals surface area contributed by atoms with Crippen LogP contribution in [0.25, 0.3) is 20.7 Å². The van der Waals surface area contributed by atoms with Crippen LogP contribution in [-0.2, 0) is 0 Å². The number of fused-ring (bicyclic) bond motifs is 1. The molecule has 3 aromatic rings. The highest BCUT2D eigenvalue weighted by Crippen LogP contribution is 2.37. The molecule has 1 aromatic carbocycles. The Kier molecular flexibility index (Phi) is 3.40. The highest BCUT2D eigenvalue weighted by Gasteiger charge is 2.12. The van der Waals surface area contributed by atoms with E-state index >= 15 is 0 Å². The van der Waals surface area contributed by atoms with Crippen molar-refractivity contribution < 1.29 is 0 Å². The molecule has 0 unspecified atom stereocenters. The van der Waals surface area contributed by atoms with Gasteiger partial charge in [0.25, 0.3) is 0 Å². The first kappa shape index (κ1) is 13.1. The molecule has 2 heterocycles. The van der Waals surface area contributed by atoms with Gasteiger partial charge in [0, 0.05) is 17.4 Å². The van der Waals surface area contributed by atoms with E-state index in [0.717, 1.165) is 12.2 Å². The van der Waals surface area contributed by atoms with Crippen molar-refractivity contribution in [3.63, 3.8) is 0 Å². The Morgan fingerprint density at radius 3 is 2.85 bits per heavy atom. The van der Waals surface area contributed by atoms with Crippen molar-refractivity contribution >= 4 is 27.4 Å². The molecule has 102 valence electrons. The summed E-state index contributed by atoms with van der Waals surface area (Å²) >= 11 is 1.79. The maximum absolute atomic E-state index is 4.60. The summed E-state index contributed by atoms with van der Waals surface area (Å²) in [7, 11) is 0. The van der Waals surface area contributed by atoms with Crippen molar-refractivity contribution in [2.24, 2.45) is 0 Å². The molecule has 3 rings (SSSR count). The maximum Gasteiger partial charge on any atom is 0.223 e. The monoisotopic (exact) mass is 283 g/mol. The Labute approximate surface area is 122 Å². The summed E-state index contributed by atoms with van der Waals surface area (Å²) in [6.45, 7) is 7.17. The van der Waals surface area contributed by atoms with Crippen LogP contribution in [0.3, 0.4) is 0 Å². The first-order valence-electron chi connectivity index (χ1n) is 6.76. The van der Waals surface area contributed by atoms with Gasteiger partial charge in [0.1, 0.15) is 0 Å². The lowest BCUT2D eigenvalue weighted by molar-refractivity contribution is 1.09. The Balaban J connectivity index is 2.14. The summed E-state index contributed by atoms with van der Waals surface area (Å²) in [5.74, 6) is 0.693. The van der Waals surface area contributed by atoms with E-state index in [4.69, 9.17) is 0 Å². The van der Waals surface area contributed by atoms with E-state index in [1.807, 2.05) is 19.2 Å². The van der Waals surface area contributed by atoms with Crippen LogP contribution in [0.2, 0.25) is 0 Å². The number of aryl methyl sites for hydroxylation is 2. The van der Waals surface area contributed by atoms with Crippen LogP contribution in [0.5, 0.6) is 0 Å². The number of anilines is 1.